The van der Waals surface area contributed by atoms with Crippen LogP contribution in [0.1, 0.15) is 11.1 Å². The molecule has 0 fully saturated rings. The quantitative estimate of drug-likeness (QED) is 0.291. The SMILES string of the molecule is Cc1cc(C#CC=O)cc([N+](=O)[O-])c1. The van der Waals surface area contributed by atoms with Gasteiger partial charge in [0, 0.05) is 17.7 Å². The van der Waals surface area contributed by atoms with E-state index in [-0.39, 0.29) is 5.69 Å². The van der Waals surface area contributed by atoms with E-state index in [9.17, 15) is 14.9 Å². The summed E-state index contributed by atoms with van der Waals surface area (Å²) < 4.78 is 0. The van der Waals surface area contributed by atoms with Gasteiger partial charge in [0.25, 0.3) is 5.69 Å². The summed E-state index contributed by atoms with van der Waals surface area (Å²) in [4.78, 5) is 20.0. The summed E-state index contributed by atoms with van der Waals surface area (Å²) in [5.74, 6) is 4.71. The molecule has 0 atom stereocenters. The van der Waals surface area contributed by atoms with Gasteiger partial charge in [-0.05, 0) is 24.5 Å². The smallest absolute Gasteiger partial charge is 0.270 e. The van der Waals surface area contributed by atoms with Gasteiger partial charge in [-0.15, -0.1) is 0 Å². The molecule has 0 radical (unpaired) electrons. The second kappa shape index (κ2) is 4.19. The van der Waals surface area contributed by atoms with Gasteiger partial charge in [-0.25, -0.2) is 0 Å². The van der Waals surface area contributed by atoms with E-state index in [1.54, 1.807) is 13.0 Å². The van der Waals surface area contributed by atoms with E-state index < -0.39 is 4.92 Å². The molecular formula is C10H7NO3. The van der Waals surface area contributed by atoms with Crippen LogP contribution >= 0.6 is 0 Å². The first-order chi connectivity index (χ1) is 6.63. The molecule has 4 nitrogen and oxygen atoms in total. The van der Waals surface area contributed by atoms with E-state index in [1.165, 1.54) is 12.1 Å². The fourth-order valence-corrected chi connectivity index (χ4v) is 1.05. The molecule has 0 aliphatic heterocycles. The zero-order valence-electron chi connectivity index (χ0n) is 7.48. The lowest BCUT2D eigenvalue weighted by Gasteiger charge is -1.95. The first-order valence-electron chi connectivity index (χ1n) is 3.85. The Morgan fingerprint density at radius 2 is 2.14 bits per heavy atom. The zero-order valence-corrected chi connectivity index (χ0v) is 7.48. The summed E-state index contributed by atoms with van der Waals surface area (Å²) in [5.41, 5.74) is 1.21. The van der Waals surface area contributed by atoms with E-state index in [1.807, 2.05) is 0 Å². The number of hydrogen-bond acceptors (Lipinski definition) is 3. The number of carbonyl (C=O) groups excluding carboxylic acids is 1. The lowest BCUT2D eigenvalue weighted by atomic mass is 10.1. The van der Waals surface area contributed by atoms with Crippen molar-refractivity contribution in [1.29, 1.82) is 0 Å². The summed E-state index contributed by atoms with van der Waals surface area (Å²) in [5, 5.41) is 10.5. The van der Waals surface area contributed by atoms with Crippen molar-refractivity contribution >= 4 is 12.0 Å². The molecule has 0 aromatic heterocycles. The molecule has 1 rings (SSSR count). The Bertz CT molecular complexity index is 440. The predicted molar refractivity (Wildman–Crippen MR) is 50.8 cm³/mol. The van der Waals surface area contributed by atoms with E-state index >= 15 is 0 Å². The molecule has 0 amide bonds. The van der Waals surface area contributed by atoms with Crippen LogP contribution in [0.2, 0.25) is 0 Å². The van der Waals surface area contributed by atoms with Crippen LogP contribution in [-0.4, -0.2) is 11.2 Å². The fraction of sp³-hybridized carbons (Fsp3) is 0.100. The molecule has 0 saturated carbocycles. The lowest BCUT2D eigenvalue weighted by Crippen LogP contribution is -1.90. The Labute approximate surface area is 80.7 Å². The Balaban J connectivity index is 3.19. The van der Waals surface area contributed by atoms with Gasteiger partial charge < -0.3 is 0 Å². The highest BCUT2D eigenvalue weighted by Crippen LogP contribution is 2.15. The number of nitro benzene ring substituents is 1. The second-order valence-electron chi connectivity index (χ2n) is 2.70. The van der Waals surface area contributed by atoms with Crippen LogP contribution in [0.4, 0.5) is 5.69 Å². The van der Waals surface area contributed by atoms with E-state index in [4.69, 9.17) is 0 Å². The van der Waals surface area contributed by atoms with Crippen molar-refractivity contribution in [3.63, 3.8) is 0 Å². The van der Waals surface area contributed by atoms with Crippen LogP contribution in [0.15, 0.2) is 18.2 Å². The highest BCUT2D eigenvalue weighted by Gasteiger charge is 2.06. The topological polar surface area (TPSA) is 60.2 Å². The number of nitro groups is 1. The number of rotatable bonds is 1. The molecule has 70 valence electrons. The van der Waals surface area contributed by atoms with Gasteiger partial charge in [-0.3, -0.25) is 14.9 Å². The molecule has 0 saturated heterocycles. The largest absolute Gasteiger partial charge is 0.289 e. The van der Waals surface area contributed by atoms with E-state index in [0.717, 1.165) is 5.56 Å². The Morgan fingerprint density at radius 1 is 1.43 bits per heavy atom. The van der Waals surface area contributed by atoms with Crippen LogP contribution in [0.25, 0.3) is 0 Å². The number of aldehydes is 1. The average Bonchev–Trinajstić information content (AvgIpc) is 2.14. The maximum Gasteiger partial charge on any atom is 0.270 e. The number of hydrogen-bond donors (Lipinski definition) is 0. The molecule has 0 unspecified atom stereocenters. The van der Waals surface area contributed by atoms with Gasteiger partial charge in [-0.1, -0.05) is 5.92 Å². The third-order valence-corrected chi connectivity index (χ3v) is 1.55. The fourth-order valence-electron chi connectivity index (χ4n) is 1.05. The zero-order chi connectivity index (χ0) is 10.6. The monoisotopic (exact) mass is 189 g/mol. The van der Waals surface area contributed by atoms with Crippen molar-refractivity contribution in [1.82, 2.24) is 0 Å². The maximum atomic E-state index is 10.5. The second-order valence-corrected chi connectivity index (χ2v) is 2.70. The van der Waals surface area contributed by atoms with Gasteiger partial charge >= 0.3 is 0 Å². The first kappa shape index (κ1) is 9.93. The van der Waals surface area contributed by atoms with Crippen molar-refractivity contribution in [3.8, 4) is 11.8 Å². The molecule has 14 heavy (non-hydrogen) atoms. The number of nitrogens with zero attached hydrogens (tertiary/aromatic N) is 1. The third-order valence-electron chi connectivity index (χ3n) is 1.55. The summed E-state index contributed by atoms with van der Waals surface area (Å²) in [6, 6.07) is 4.47. The molecule has 0 bridgehead atoms. The third kappa shape index (κ3) is 2.42. The predicted octanol–water partition coefficient (Wildman–Crippen LogP) is 1.45. The normalized spacial score (nSPS) is 8.64. The van der Waals surface area contributed by atoms with Crippen LogP contribution in [0.5, 0.6) is 0 Å². The van der Waals surface area contributed by atoms with Crippen molar-refractivity contribution < 1.29 is 9.72 Å². The van der Waals surface area contributed by atoms with Crippen molar-refractivity contribution in [2.75, 3.05) is 0 Å². The van der Waals surface area contributed by atoms with Crippen LogP contribution < -0.4 is 0 Å². The molecule has 0 aliphatic rings. The summed E-state index contributed by atoms with van der Waals surface area (Å²) in [6.07, 6.45) is 0.453. The van der Waals surface area contributed by atoms with Crippen LogP contribution in [0.3, 0.4) is 0 Å². The minimum Gasteiger partial charge on any atom is -0.289 e. The van der Waals surface area contributed by atoms with Crippen molar-refractivity contribution in [3.05, 3.63) is 39.4 Å². The number of non-ortho nitro benzene ring substituents is 1. The molecule has 1 aromatic rings. The molecule has 0 heterocycles. The Kier molecular flexibility index (Phi) is 2.97. The average molecular weight is 189 g/mol. The standard InChI is InChI=1S/C10H7NO3/c1-8-5-9(3-2-4-12)7-10(6-8)11(13)14/h4-7H,1H3. The molecule has 0 spiro atoms. The summed E-state index contributed by atoms with van der Waals surface area (Å²) >= 11 is 0. The van der Waals surface area contributed by atoms with Gasteiger partial charge in [0.2, 0.25) is 0 Å². The van der Waals surface area contributed by atoms with Gasteiger partial charge in [-0.2, -0.15) is 0 Å². The number of carbonyl (C=O) groups is 1. The number of aryl methyl sites for hydroxylation is 1. The maximum absolute atomic E-state index is 10.5. The minimum atomic E-state index is -0.487. The van der Waals surface area contributed by atoms with Crippen LogP contribution in [0, 0.1) is 28.9 Å². The minimum absolute atomic E-state index is 0.0137. The van der Waals surface area contributed by atoms with E-state index in [0.29, 0.717) is 11.8 Å². The van der Waals surface area contributed by atoms with Crippen molar-refractivity contribution in [2.24, 2.45) is 0 Å². The van der Waals surface area contributed by atoms with Gasteiger partial charge in [0.05, 0.1) is 4.92 Å². The van der Waals surface area contributed by atoms with Crippen LogP contribution in [-0.2, 0) is 4.79 Å². The summed E-state index contributed by atoms with van der Waals surface area (Å²) in [7, 11) is 0. The summed E-state index contributed by atoms with van der Waals surface area (Å²) in [6.45, 7) is 1.74. The Morgan fingerprint density at radius 3 is 2.71 bits per heavy atom. The van der Waals surface area contributed by atoms with Gasteiger partial charge in [0.1, 0.15) is 0 Å². The Hall–Kier alpha value is -2.15. The highest BCUT2D eigenvalue weighted by molar-refractivity contribution is 5.74. The van der Waals surface area contributed by atoms with E-state index in [2.05, 4.69) is 11.8 Å². The molecule has 4 heteroatoms. The molecule has 0 aliphatic carbocycles. The van der Waals surface area contributed by atoms with Crippen molar-refractivity contribution in [2.45, 2.75) is 6.92 Å². The lowest BCUT2D eigenvalue weighted by molar-refractivity contribution is -0.384. The van der Waals surface area contributed by atoms with Gasteiger partial charge in [0.15, 0.2) is 6.29 Å². The molecular weight excluding hydrogens is 182 g/mol. The highest BCUT2D eigenvalue weighted by atomic mass is 16.6. The molecule has 1 aromatic carbocycles. The molecule has 0 N–H and O–H groups in total. The number of benzene rings is 1. The first-order valence-corrected chi connectivity index (χ1v) is 3.85.